The lowest BCUT2D eigenvalue weighted by Gasteiger charge is -2.58. The second-order valence-corrected chi connectivity index (χ2v) is 12.5. The predicted octanol–water partition coefficient (Wildman–Crippen LogP) is 5.66. The summed E-state index contributed by atoms with van der Waals surface area (Å²) in [4.78, 5) is 29.4. The molecule has 1 N–H and O–H groups in total. The van der Waals surface area contributed by atoms with E-state index < -0.39 is 17.2 Å². The van der Waals surface area contributed by atoms with Crippen molar-refractivity contribution in [2.75, 3.05) is 13.1 Å². The Kier molecular flexibility index (Phi) is 6.02. The quantitative estimate of drug-likeness (QED) is 0.448. The van der Waals surface area contributed by atoms with Gasteiger partial charge in [-0.05, 0) is 62.8 Å². The second-order valence-electron chi connectivity index (χ2n) is 10.5. The highest BCUT2D eigenvalue weighted by Gasteiger charge is 2.57. The summed E-state index contributed by atoms with van der Waals surface area (Å²) in [5.41, 5.74) is -1.36. The highest BCUT2D eigenvalue weighted by atomic mass is 32.1. The molecule has 5 rings (SSSR count). The standard InChI is InChI=1S/C27H29NO5S2/c1-25(2,3)33-24(30)28-16-26(17-28)14-19(15-26)32-23(29)27(31,21-10-7-13-34-21)22-12-11-20(35-22)18-8-5-4-6-9-18/h4-13,19,31H,14-17H2,1-3H3/t27-/m0/s1. The van der Waals surface area contributed by atoms with E-state index in [0.29, 0.717) is 35.7 Å². The summed E-state index contributed by atoms with van der Waals surface area (Å²) in [6, 6.07) is 17.2. The molecular weight excluding hydrogens is 482 g/mol. The first-order valence-electron chi connectivity index (χ1n) is 11.7. The van der Waals surface area contributed by atoms with E-state index in [-0.39, 0.29) is 17.6 Å². The molecule has 0 unspecified atom stereocenters. The Labute approximate surface area is 213 Å². The molecule has 8 heteroatoms. The molecule has 2 aromatic heterocycles. The SMILES string of the molecule is CC(C)(C)OC(=O)N1CC2(CC(OC(=O)[C@](O)(c3cccs3)c3ccc(-c4ccccc4)s3)C2)C1. The Morgan fingerprint density at radius 1 is 1.00 bits per heavy atom. The summed E-state index contributed by atoms with van der Waals surface area (Å²) in [6.07, 6.45) is 0.780. The van der Waals surface area contributed by atoms with Crippen molar-refractivity contribution in [3.63, 3.8) is 0 Å². The van der Waals surface area contributed by atoms with Crippen LogP contribution in [0.5, 0.6) is 0 Å². The van der Waals surface area contributed by atoms with Crippen molar-refractivity contribution in [2.45, 2.75) is 50.9 Å². The molecule has 1 aliphatic carbocycles. The molecule has 1 amide bonds. The van der Waals surface area contributed by atoms with Gasteiger partial charge in [-0.15, -0.1) is 22.7 Å². The van der Waals surface area contributed by atoms with Crippen molar-refractivity contribution < 1.29 is 24.2 Å². The minimum absolute atomic E-state index is 0.0215. The molecule has 1 atom stereocenters. The number of esters is 1. The lowest BCUT2D eigenvalue weighted by molar-refractivity contribution is -0.189. The number of nitrogens with zero attached hydrogens (tertiary/aromatic N) is 1. The molecule has 2 aliphatic rings. The van der Waals surface area contributed by atoms with Gasteiger partial charge in [-0.2, -0.15) is 0 Å². The first kappa shape index (κ1) is 24.0. The van der Waals surface area contributed by atoms with E-state index in [0.717, 1.165) is 10.4 Å². The zero-order valence-electron chi connectivity index (χ0n) is 20.0. The van der Waals surface area contributed by atoms with Crippen LogP contribution in [0.1, 0.15) is 43.4 Å². The Bertz CT molecular complexity index is 1200. The van der Waals surface area contributed by atoms with Gasteiger partial charge in [0.15, 0.2) is 0 Å². The van der Waals surface area contributed by atoms with Crippen LogP contribution in [-0.4, -0.2) is 46.9 Å². The summed E-state index contributed by atoms with van der Waals surface area (Å²) >= 11 is 2.73. The molecule has 35 heavy (non-hydrogen) atoms. The first-order valence-corrected chi connectivity index (χ1v) is 13.4. The van der Waals surface area contributed by atoms with Gasteiger partial charge in [0, 0.05) is 23.4 Å². The first-order chi connectivity index (χ1) is 16.6. The van der Waals surface area contributed by atoms with E-state index in [9.17, 15) is 14.7 Å². The molecule has 1 spiro atoms. The number of carbonyl (C=O) groups is 2. The van der Waals surface area contributed by atoms with Crippen molar-refractivity contribution in [1.29, 1.82) is 0 Å². The fraction of sp³-hybridized carbons (Fsp3) is 0.407. The van der Waals surface area contributed by atoms with Gasteiger partial charge in [0.2, 0.25) is 5.60 Å². The van der Waals surface area contributed by atoms with Gasteiger partial charge in [0.05, 0.1) is 9.75 Å². The molecule has 184 valence electrons. The molecule has 3 aromatic rings. The molecule has 1 aromatic carbocycles. The summed E-state index contributed by atoms with van der Waals surface area (Å²) in [6.45, 7) is 6.77. The monoisotopic (exact) mass is 511 g/mol. The van der Waals surface area contributed by atoms with Gasteiger partial charge in [-0.1, -0.05) is 36.4 Å². The number of amides is 1. The van der Waals surface area contributed by atoms with Crippen LogP contribution in [0.2, 0.25) is 0 Å². The molecule has 1 aliphatic heterocycles. The number of thiophene rings is 2. The van der Waals surface area contributed by atoms with Gasteiger partial charge in [-0.25, -0.2) is 9.59 Å². The van der Waals surface area contributed by atoms with Crippen molar-refractivity contribution in [3.05, 3.63) is 69.7 Å². The smallest absolute Gasteiger partial charge is 0.410 e. The van der Waals surface area contributed by atoms with E-state index in [1.807, 2.05) is 68.6 Å². The Balaban J connectivity index is 1.26. The summed E-state index contributed by atoms with van der Waals surface area (Å²) in [5, 5.41) is 13.6. The van der Waals surface area contributed by atoms with Crippen molar-refractivity contribution in [2.24, 2.45) is 5.41 Å². The van der Waals surface area contributed by atoms with E-state index in [2.05, 4.69) is 0 Å². The summed E-state index contributed by atoms with van der Waals surface area (Å²) in [5.74, 6) is -0.649. The average Bonchev–Trinajstić information content (AvgIpc) is 3.46. The number of hydrogen-bond acceptors (Lipinski definition) is 7. The number of rotatable bonds is 5. The number of likely N-dealkylation sites (tertiary alicyclic amines) is 1. The van der Waals surface area contributed by atoms with Gasteiger partial charge >= 0.3 is 12.1 Å². The largest absolute Gasteiger partial charge is 0.460 e. The van der Waals surface area contributed by atoms with Crippen molar-refractivity contribution in [3.8, 4) is 10.4 Å². The number of ether oxygens (including phenoxy) is 2. The normalized spacial score (nSPS) is 18.9. The lowest BCUT2D eigenvalue weighted by atomic mass is 9.62. The van der Waals surface area contributed by atoms with E-state index in [1.165, 1.54) is 22.7 Å². The van der Waals surface area contributed by atoms with E-state index >= 15 is 0 Å². The van der Waals surface area contributed by atoms with Crippen LogP contribution in [-0.2, 0) is 19.9 Å². The number of aliphatic hydroxyl groups is 1. The molecule has 6 nitrogen and oxygen atoms in total. The fourth-order valence-corrected chi connectivity index (χ4v) is 6.79. The third-order valence-corrected chi connectivity index (χ3v) is 8.72. The topological polar surface area (TPSA) is 76.1 Å². The van der Waals surface area contributed by atoms with Crippen molar-refractivity contribution in [1.82, 2.24) is 4.90 Å². The predicted molar refractivity (Wildman–Crippen MR) is 136 cm³/mol. The molecule has 3 heterocycles. The summed E-state index contributed by atoms with van der Waals surface area (Å²) in [7, 11) is 0. The zero-order valence-corrected chi connectivity index (χ0v) is 21.7. The van der Waals surface area contributed by atoms with Crippen LogP contribution in [0, 0.1) is 5.41 Å². The number of carbonyl (C=O) groups excluding carboxylic acids is 2. The van der Waals surface area contributed by atoms with Crippen LogP contribution in [0.4, 0.5) is 4.79 Å². The minimum atomic E-state index is -1.85. The third kappa shape index (κ3) is 4.62. The van der Waals surface area contributed by atoms with Gasteiger partial charge in [-0.3, -0.25) is 0 Å². The third-order valence-electron chi connectivity index (χ3n) is 6.49. The zero-order chi connectivity index (χ0) is 24.8. The maximum absolute atomic E-state index is 13.4. The van der Waals surface area contributed by atoms with Crippen LogP contribution in [0.3, 0.4) is 0 Å². The van der Waals surface area contributed by atoms with Crippen LogP contribution in [0.25, 0.3) is 10.4 Å². The highest BCUT2D eigenvalue weighted by molar-refractivity contribution is 7.16. The average molecular weight is 512 g/mol. The molecule has 0 radical (unpaired) electrons. The molecule has 1 saturated heterocycles. The molecule has 0 bridgehead atoms. The Hall–Kier alpha value is -2.68. The van der Waals surface area contributed by atoms with Crippen LogP contribution < -0.4 is 0 Å². The molecule has 1 saturated carbocycles. The second kappa shape index (κ2) is 8.76. The number of hydrogen-bond donors (Lipinski definition) is 1. The van der Waals surface area contributed by atoms with Crippen LogP contribution >= 0.6 is 22.7 Å². The maximum Gasteiger partial charge on any atom is 0.410 e. The lowest BCUT2D eigenvalue weighted by Crippen LogP contribution is -2.66. The van der Waals surface area contributed by atoms with Crippen LogP contribution in [0.15, 0.2) is 60.0 Å². The highest BCUT2D eigenvalue weighted by Crippen LogP contribution is 2.51. The molecular formula is C27H29NO5S2. The van der Waals surface area contributed by atoms with Gasteiger partial charge in [0.1, 0.15) is 11.7 Å². The maximum atomic E-state index is 13.4. The Morgan fingerprint density at radius 3 is 2.34 bits per heavy atom. The van der Waals surface area contributed by atoms with E-state index in [4.69, 9.17) is 9.47 Å². The van der Waals surface area contributed by atoms with Gasteiger partial charge in [0.25, 0.3) is 0 Å². The fourth-order valence-electron chi connectivity index (χ4n) is 4.80. The van der Waals surface area contributed by atoms with Gasteiger partial charge < -0.3 is 19.5 Å². The molecule has 2 fully saturated rings. The Morgan fingerprint density at radius 2 is 1.71 bits per heavy atom. The summed E-state index contributed by atoms with van der Waals surface area (Å²) < 4.78 is 11.3. The van der Waals surface area contributed by atoms with Crippen molar-refractivity contribution >= 4 is 34.7 Å². The number of benzene rings is 1. The minimum Gasteiger partial charge on any atom is -0.460 e. The van der Waals surface area contributed by atoms with E-state index in [1.54, 1.807) is 17.0 Å².